The van der Waals surface area contributed by atoms with Gasteiger partial charge in [-0.3, -0.25) is 9.69 Å². The molecule has 0 atom stereocenters. The molecule has 150 valence electrons. The van der Waals surface area contributed by atoms with Crippen LogP contribution in [0.3, 0.4) is 0 Å². The van der Waals surface area contributed by atoms with Gasteiger partial charge in [0.1, 0.15) is 0 Å². The Labute approximate surface area is 169 Å². The number of nitrogens with one attached hydrogen (secondary N) is 1. The van der Waals surface area contributed by atoms with Gasteiger partial charge < -0.3 is 10.2 Å². The Morgan fingerprint density at radius 3 is 2.32 bits per heavy atom. The summed E-state index contributed by atoms with van der Waals surface area (Å²) in [6.45, 7) is 9.99. The van der Waals surface area contributed by atoms with E-state index in [1.54, 1.807) is 0 Å². The number of hydrogen-bond acceptors (Lipinski definition) is 3. The van der Waals surface area contributed by atoms with Crippen molar-refractivity contribution in [2.24, 2.45) is 5.92 Å². The Kier molecular flexibility index (Phi) is 7.10. The van der Waals surface area contributed by atoms with E-state index in [9.17, 15) is 4.79 Å². The minimum Gasteiger partial charge on any atom is -0.372 e. The first-order valence-corrected chi connectivity index (χ1v) is 10.4. The third-order valence-corrected chi connectivity index (χ3v) is 5.61. The molecule has 0 spiro atoms. The smallest absolute Gasteiger partial charge is 0.238 e. The minimum absolute atomic E-state index is 0.0316. The maximum atomic E-state index is 12.6. The molecular formula is C24H33N3O. The van der Waals surface area contributed by atoms with Crippen LogP contribution in [0.1, 0.15) is 39.2 Å². The molecule has 1 N–H and O–H groups in total. The molecule has 1 aliphatic heterocycles. The number of rotatable bonds is 7. The maximum Gasteiger partial charge on any atom is 0.238 e. The molecule has 1 amide bonds. The molecule has 1 heterocycles. The summed E-state index contributed by atoms with van der Waals surface area (Å²) in [6.07, 6.45) is 2.51. The lowest BCUT2D eigenvalue weighted by molar-refractivity contribution is -0.117. The predicted octanol–water partition coefficient (Wildman–Crippen LogP) is 4.77. The van der Waals surface area contributed by atoms with E-state index < -0.39 is 0 Å². The molecule has 0 radical (unpaired) electrons. The highest BCUT2D eigenvalue weighted by Crippen LogP contribution is 2.24. The fraction of sp³-hybridized carbons (Fsp3) is 0.458. The first-order valence-electron chi connectivity index (χ1n) is 10.4. The zero-order valence-corrected chi connectivity index (χ0v) is 17.4. The first-order chi connectivity index (χ1) is 13.5. The van der Waals surface area contributed by atoms with Crippen LogP contribution in [0.2, 0.25) is 0 Å². The second-order valence-electron chi connectivity index (χ2n) is 8.25. The summed E-state index contributed by atoms with van der Waals surface area (Å²) in [5.41, 5.74) is 3.34. The average molecular weight is 380 g/mol. The van der Waals surface area contributed by atoms with E-state index >= 15 is 0 Å². The molecule has 0 aliphatic carbocycles. The van der Waals surface area contributed by atoms with Gasteiger partial charge in [-0.05, 0) is 62.4 Å². The summed E-state index contributed by atoms with van der Waals surface area (Å²) in [7, 11) is 0. The molecule has 0 saturated carbocycles. The quantitative estimate of drug-likeness (QED) is 0.752. The molecule has 2 aromatic rings. The van der Waals surface area contributed by atoms with Crippen LogP contribution in [0.25, 0.3) is 0 Å². The second kappa shape index (κ2) is 9.74. The standard InChI is InChI=1S/C24H33N3O/c1-19(2)27(17-21-7-5-4-6-8-21)18-24(28)25-22-9-11-23(12-10-22)26-15-13-20(3)14-16-26/h4-12,19-20H,13-18H2,1-3H3,(H,25,28). The van der Waals surface area contributed by atoms with Crippen LogP contribution in [0, 0.1) is 5.92 Å². The van der Waals surface area contributed by atoms with Crippen molar-refractivity contribution >= 4 is 17.3 Å². The predicted molar refractivity (Wildman–Crippen MR) is 118 cm³/mol. The van der Waals surface area contributed by atoms with Crippen LogP contribution >= 0.6 is 0 Å². The number of hydrogen-bond donors (Lipinski definition) is 1. The number of anilines is 2. The summed E-state index contributed by atoms with van der Waals surface area (Å²) in [5, 5.41) is 3.05. The molecule has 1 saturated heterocycles. The van der Waals surface area contributed by atoms with Crippen molar-refractivity contribution in [3.8, 4) is 0 Å². The van der Waals surface area contributed by atoms with Gasteiger partial charge in [0.05, 0.1) is 6.54 Å². The molecule has 0 unspecified atom stereocenters. The molecule has 0 aromatic heterocycles. The Morgan fingerprint density at radius 1 is 1.07 bits per heavy atom. The van der Waals surface area contributed by atoms with Gasteiger partial charge >= 0.3 is 0 Å². The zero-order chi connectivity index (χ0) is 19.9. The number of benzene rings is 2. The van der Waals surface area contributed by atoms with Crippen LogP contribution in [0.15, 0.2) is 54.6 Å². The molecule has 2 aromatic carbocycles. The monoisotopic (exact) mass is 379 g/mol. The third kappa shape index (κ3) is 5.83. The average Bonchev–Trinajstić information content (AvgIpc) is 2.69. The van der Waals surface area contributed by atoms with Gasteiger partial charge in [-0.25, -0.2) is 0 Å². The molecule has 4 nitrogen and oxygen atoms in total. The minimum atomic E-state index is 0.0316. The Balaban J connectivity index is 1.54. The third-order valence-electron chi connectivity index (χ3n) is 5.61. The fourth-order valence-corrected chi connectivity index (χ4v) is 3.65. The number of piperidine rings is 1. The van der Waals surface area contributed by atoms with Crippen LogP contribution < -0.4 is 10.2 Å². The normalized spacial score (nSPS) is 15.2. The van der Waals surface area contributed by atoms with E-state index in [0.29, 0.717) is 12.6 Å². The largest absolute Gasteiger partial charge is 0.372 e. The number of amides is 1. The molecule has 3 rings (SSSR count). The van der Waals surface area contributed by atoms with Crippen LogP contribution in [-0.2, 0) is 11.3 Å². The lowest BCUT2D eigenvalue weighted by atomic mass is 9.99. The Bertz CT molecular complexity index is 734. The van der Waals surface area contributed by atoms with Crippen molar-refractivity contribution in [3.05, 3.63) is 60.2 Å². The van der Waals surface area contributed by atoms with Crippen molar-refractivity contribution in [3.63, 3.8) is 0 Å². The molecule has 1 aliphatic rings. The topological polar surface area (TPSA) is 35.6 Å². The summed E-state index contributed by atoms with van der Waals surface area (Å²) in [4.78, 5) is 17.2. The summed E-state index contributed by atoms with van der Waals surface area (Å²) in [5.74, 6) is 0.860. The molecular weight excluding hydrogens is 346 g/mol. The molecule has 1 fully saturated rings. The van der Waals surface area contributed by atoms with Gasteiger partial charge in [0.25, 0.3) is 0 Å². The van der Waals surface area contributed by atoms with E-state index in [0.717, 1.165) is 31.2 Å². The van der Waals surface area contributed by atoms with Crippen LogP contribution in [0.5, 0.6) is 0 Å². The van der Waals surface area contributed by atoms with Gasteiger partial charge in [-0.15, -0.1) is 0 Å². The van der Waals surface area contributed by atoms with Crippen LogP contribution in [0.4, 0.5) is 11.4 Å². The maximum absolute atomic E-state index is 12.6. The molecule has 28 heavy (non-hydrogen) atoms. The van der Waals surface area contributed by atoms with Crippen molar-refractivity contribution in [2.45, 2.75) is 46.2 Å². The van der Waals surface area contributed by atoms with Crippen LogP contribution in [-0.4, -0.2) is 36.5 Å². The Morgan fingerprint density at radius 2 is 1.71 bits per heavy atom. The lowest BCUT2D eigenvalue weighted by Gasteiger charge is -2.32. The lowest BCUT2D eigenvalue weighted by Crippen LogP contribution is -2.37. The Hall–Kier alpha value is -2.33. The SMILES string of the molecule is CC1CCN(c2ccc(NC(=O)CN(Cc3ccccc3)C(C)C)cc2)CC1. The van der Waals surface area contributed by atoms with E-state index in [4.69, 9.17) is 0 Å². The van der Waals surface area contributed by atoms with Gasteiger partial charge in [-0.2, -0.15) is 0 Å². The zero-order valence-electron chi connectivity index (χ0n) is 17.4. The van der Waals surface area contributed by atoms with E-state index in [2.05, 4.69) is 60.2 Å². The molecule has 4 heteroatoms. The summed E-state index contributed by atoms with van der Waals surface area (Å²) >= 11 is 0. The fourth-order valence-electron chi connectivity index (χ4n) is 3.65. The van der Waals surface area contributed by atoms with E-state index in [-0.39, 0.29) is 5.91 Å². The van der Waals surface area contributed by atoms with Crippen molar-refractivity contribution < 1.29 is 4.79 Å². The van der Waals surface area contributed by atoms with Gasteiger partial charge in [0, 0.05) is 37.1 Å². The van der Waals surface area contributed by atoms with Gasteiger partial charge in [0.15, 0.2) is 0 Å². The van der Waals surface area contributed by atoms with Crippen molar-refractivity contribution in [1.82, 2.24) is 4.90 Å². The molecule has 0 bridgehead atoms. The van der Waals surface area contributed by atoms with Crippen molar-refractivity contribution in [1.29, 1.82) is 0 Å². The van der Waals surface area contributed by atoms with Gasteiger partial charge in [0.2, 0.25) is 5.91 Å². The highest BCUT2D eigenvalue weighted by molar-refractivity contribution is 5.92. The summed E-state index contributed by atoms with van der Waals surface area (Å²) < 4.78 is 0. The summed E-state index contributed by atoms with van der Waals surface area (Å²) in [6, 6.07) is 18.9. The second-order valence-corrected chi connectivity index (χ2v) is 8.25. The number of carbonyl (C=O) groups is 1. The van der Waals surface area contributed by atoms with E-state index in [1.165, 1.54) is 24.1 Å². The highest BCUT2D eigenvalue weighted by atomic mass is 16.2. The highest BCUT2D eigenvalue weighted by Gasteiger charge is 2.17. The van der Waals surface area contributed by atoms with Gasteiger partial charge in [-0.1, -0.05) is 37.3 Å². The van der Waals surface area contributed by atoms with Crippen molar-refractivity contribution in [2.75, 3.05) is 29.9 Å². The number of carbonyl (C=O) groups excluding carboxylic acids is 1. The number of nitrogens with zero attached hydrogens (tertiary/aromatic N) is 2. The first kappa shape index (κ1) is 20.4. The van der Waals surface area contributed by atoms with E-state index in [1.807, 2.05) is 30.3 Å².